The number of benzene rings is 1. The molecule has 120 valence electrons. The summed E-state index contributed by atoms with van der Waals surface area (Å²) in [6.45, 7) is 0. The molecular weight excluding hydrogens is 311 g/mol. The number of halogens is 3. The van der Waals surface area contributed by atoms with E-state index in [2.05, 4.69) is 19.8 Å². The summed E-state index contributed by atoms with van der Waals surface area (Å²) >= 11 is 0. The molecule has 0 amide bonds. The second-order valence-electron chi connectivity index (χ2n) is 4.92. The van der Waals surface area contributed by atoms with Crippen molar-refractivity contribution in [2.75, 3.05) is 19.0 Å². The van der Waals surface area contributed by atoms with Gasteiger partial charge in [0.05, 0.1) is 11.9 Å². The molecule has 23 heavy (non-hydrogen) atoms. The lowest BCUT2D eigenvalue weighted by Gasteiger charge is -2.14. The Kier molecular flexibility index (Phi) is 3.55. The van der Waals surface area contributed by atoms with Gasteiger partial charge in [0, 0.05) is 14.1 Å². The van der Waals surface area contributed by atoms with E-state index < -0.39 is 6.36 Å². The lowest BCUT2D eigenvalue weighted by atomic mass is 10.3. The number of aromatic nitrogens is 4. The van der Waals surface area contributed by atoms with Crippen molar-refractivity contribution in [3.63, 3.8) is 0 Å². The highest BCUT2D eigenvalue weighted by Crippen LogP contribution is 2.27. The molecule has 0 bridgehead atoms. The molecule has 0 radical (unpaired) electrons. The number of alkyl halides is 3. The molecule has 3 aromatic rings. The summed E-state index contributed by atoms with van der Waals surface area (Å²) in [5.41, 5.74) is 1.88. The van der Waals surface area contributed by atoms with Gasteiger partial charge in [0.25, 0.3) is 0 Å². The first-order valence-corrected chi connectivity index (χ1v) is 6.57. The van der Waals surface area contributed by atoms with Crippen LogP contribution in [0.15, 0.2) is 36.8 Å². The Morgan fingerprint density at radius 1 is 1.09 bits per heavy atom. The largest absolute Gasteiger partial charge is 0.573 e. The highest BCUT2D eigenvalue weighted by atomic mass is 19.4. The second kappa shape index (κ2) is 5.41. The van der Waals surface area contributed by atoms with Crippen LogP contribution in [-0.4, -0.2) is 40.2 Å². The SMILES string of the molecule is CN(C)c1ncnc2cnn(-c3ccc(OC(F)(F)F)cc3)c12. The van der Waals surface area contributed by atoms with Crippen molar-refractivity contribution in [1.82, 2.24) is 19.7 Å². The fourth-order valence-corrected chi connectivity index (χ4v) is 2.16. The van der Waals surface area contributed by atoms with E-state index in [4.69, 9.17) is 0 Å². The topological polar surface area (TPSA) is 56.1 Å². The summed E-state index contributed by atoms with van der Waals surface area (Å²) in [5.74, 6) is 0.366. The molecule has 0 aliphatic carbocycles. The third kappa shape index (κ3) is 3.03. The molecule has 2 aromatic heterocycles. The van der Waals surface area contributed by atoms with E-state index in [1.807, 2.05) is 19.0 Å². The van der Waals surface area contributed by atoms with E-state index in [1.54, 1.807) is 10.9 Å². The van der Waals surface area contributed by atoms with Gasteiger partial charge in [-0.05, 0) is 24.3 Å². The summed E-state index contributed by atoms with van der Waals surface area (Å²) < 4.78 is 42.0. The van der Waals surface area contributed by atoms with Gasteiger partial charge in [-0.25, -0.2) is 14.6 Å². The van der Waals surface area contributed by atoms with Gasteiger partial charge < -0.3 is 9.64 Å². The molecule has 0 atom stereocenters. The van der Waals surface area contributed by atoms with Crippen LogP contribution in [0, 0.1) is 0 Å². The standard InChI is InChI=1S/C14H12F3N5O/c1-21(2)13-12-11(18-8-19-13)7-20-22(12)9-3-5-10(6-4-9)23-14(15,16)17/h3-8H,1-2H3. The summed E-state index contributed by atoms with van der Waals surface area (Å²) in [6.07, 6.45) is -1.71. The molecule has 9 heteroatoms. The lowest BCUT2D eigenvalue weighted by Crippen LogP contribution is -2.17. The van der Waals surface area contributed by atoms with Crippen LogP contribution in [0.4, 0.5) is 19.0 Å². The van der Waals surface area contributed by atoms with E-state index in [0.717, 1.165) is 0 Å². The number of fused-ring (bicyclic) bond motifs is 1. The molecule has 0 saturated heterocycles. The Morgan fingerprint density at radius 2 is 1.78 bits per heavy atom. The molecule has 2 heterocycles. The first-order valence-electron chi connectivity index (χ1n) is 6.57. The van der Waals surface area contributed by atoms with Gasteiger partial charge in [0.2, 0.25) is 0 Å². The van der Waals surface area contributed by atoms with Crippen LogP contribution in [0.2, 0.25) is 0 Å². The van der Waals surface area contributed by atoms with Crippen LogP contribution in [0.1, 0.15) is 0 Å². The van der Waals surface area contributed by atoms with Crippen molar-refractivity contribution >= 4 is 16.9 Å². The first-order chi connectivity index (χ1) is 10.8. The van der Waals surface area contributed by atoms with E-state index in [1.165, 1.54) is 30.6 Å². The van der Waals surface area contributed by atoms with Gasteiger partial charge in [-0.1, -0.05) is 0 Å². The average molecular weight is 323 g/mol. The summed E-state index contributed by atoms with van der Waals surface area (Å²) in [6, 6.07) is 5.44. The highest BCUT2D eigenvalue weighted by Gasteiger charge is 2.31. The van der Waals surface area contributed by atoms with Gasteiger partial charge in [-0.15, -0.1) is 13.2 Å². The van der Waals surface area contributed by atoms with Crippen molar-refractivity contribution in [3.05, 3.63) is 36.8 Å². The van der Waals surface area contributed by atoms with Crippen molar-refractivity contribution in [3.8, 4) is 11.4 Å². The monoisotopic (exact) mass is 323 g/mol. The minimum Gasteiger partial charge on any atom is -0.406 e. The molecule has 6 nitrogen and oxygen atoms in total. The fourth-order valence-electron chi connectivity index (χ4n) is 2.16. The molecule has 0 unspecified atom stereocenters. The maximum absolute atomic E-state index is 12.2. The number of anilines is 1. The van der Waals surface area contributed by atoms with Crippen LogP contribution < -0.4 is 9.64 Å². The van der Waals surface area contributed by atoms with Gasteiger partial charge in [0.1, 0.15) is 23.1 Å². The highest BCUT2D eigenvalue weighted by molar-refractivity contribution is 5.86. The van der Waals surface area contributed by atoms with Crippen molar-refractivity contribution in [2.45, 2.75) is 6.36 Å². The summed E-state index contributed by atoms with van der Waals surface area (Å²) in [5, 5.41) is 4.24. The van der Waals surface area contributed by atoms with E-state index >= 15 is 0 Å². The van der Waals surface area contributed by atoms with Crippen LogP contribution in [0.3, 0.4) is 0 Å². The summed E-state index contributed by atoms with van der Waals surface area (Å²) in [7, 11) is 3.67. The molecule has 0 N–H and O–H groups in total. The number of ether oxygens (including phenoxy) is 1. The first kappa shape index (κ1) is 15.1. The predicted octanol–water partition coefficient (Wildman–Crippen LogP) is 2.78. The Labute approximate surface area is 129 Å². The second-order valence-corrected chi connectivity index (χ2v) is 4.92. The van der Waals surface area contributed by atoms with Gasteiger partial charge in [-0.2, -0.15) is 5.10 Å². The Balaban J connectivity index is 2.04. The molecule has 0 spiro atoms. The molecular formula is C14H12F3N5O. The summed E-state index contributed by atoms with van der Waals surface area (Å²) in [4.78, 5) is 10.2. The van der Waals surface area contributed by atoms with Crippen LogP contribution in [-0.2, 0) is 0 Å². The lowest BCUT2D eigenvalue weighted by molar-refractivity contribution is -0.274. The van der Waals surface area contributed by atoms with Crippen molar-refractivity contribution < 1.29 is 17.9 Å². The van der Waals surface area contributed by atoms with E-state index in [9.17, 15) is 13.2 Å². The maximum atomic E-state index is 12.2. The number of hydrogen-bond donors (Lipinski definition) is 0. The number of hydrogen-bond acceptors (Lipinski definition) is 5. The third-order valence-electron chi connectivity index (χ3n) is 3.08. The smallest absolute Gasteiger partial charge is 0.406 e. The minimum absolute atomic E-state index is 0.290. The third-order valence-corrected chi connectivity index (χ3v) is 3.08. The Bertz CT molecular complexity index is 827. The Hall–Kier alpha value is -2.84. The molecule has 0 saturated carbocycles. The van der Waals surface area contributed by atoms with Gasteiger partial charge >= 0.3 is 6.36 Å². The normalized spacial score (nSPS) is 11.7. The molecule has 0 aliphatic rings. The number of nitrogens with zero attached hydrogens (tertiary/aromatic N) is 5. The van der Waals surface area contributed by atoms with Gasteiger partial charge in [0.15, 0.2) is 5.82 Å². The molecule has 3 rings (SSSR count). The van der Waals surface area contributed by atoms with Crippen LogP contribution in [0.25, 0.3) is 16.7 Å². The zero-order valence-corrected chi connectivity index (χ0v) is 12.2. The van der Waals surface area contributed by atoms with Crippen LogP contribution >= 0.6 is 0 Å². The zero-order chi connectivity index (χ0) is 16.6. The minimum atomic E-state index is -4.72. The van der Waals surface area contributed by atoms with E-state index in [0.29, 0.717) is 22.5 Å². The maximum Gasteiger partial charge on any atom is 0.573 e. The molecule has 1 aromatic carbocycles. The van der Waals surface area contributed by atoms with Crippen molar-refractivity contribution in [2.24, 2.45) is 0 Å². The predicted molar refractivity (Wildman–Crippen MR) is 77.7 cm³/mol. The molecule has 0 aliphatic heterocycles. The molecule has 0 fully saturated rings. The van der Waals surface area contributed by atoms with Crippen LogP contribution in [0.5, 0.6) is 5.75 Å². The quantitative estimate of drug-likeness (QED) is 0.742. The van der Waals surface area contributed by atoms with Gasteiger partial charge in [-0.3, -0.25) is 0 Å². The average Bonchev–Trinajstić information content (AvgIpc) is 2.90. The fraction of sp³-hybridized carbons (Fsp3) is 0.214. The van der Waals surface area contributed by atoms with Crippen molar-refractivity contribution in [1.29, 1.82) is 0 Å². The number of rotatable bonds is 3. The van der Waals surface area contributed by atoms with E-state index in [-0.39, 0.29) is 5.75 Å². The zero-order valence-electron chi connectivity index (χ0n) is 12.2. The Morgan fingerprint density at radius 3 is 2.39 bits per heavy atom.